The maximum Gasteiger partial charge on any atom is 0.297 e. The number of hydrazine groups is 1. The van der Waals surface area contributed by atoms with E-state index in [-0.39, 0.29) is 11.1 Å². The maximum atomic E-state index is 13.2. The molecule has 112 valence electrons. The summed E-state index contributed by atoms with van der Waals surface area (Å²) in [5.41, 5.74) is 2.70. The first-order valence-electron chi connectivity index (χ1n) is 6.66. The van der Waals surface area contributed by atoms with Crippen molar-refractivity contribution in [1.82, 2.24) is 5.01 Å². The van der Waals surface area contributed by atoms with Gasteiger partial charge in [-0.2, -0.15) is 5.01 Å². The highest BCUT2D eigenvalue weighted by Gasteiger charge is 2.50. The number of nitrogens with zero attached hydrogens (tertiary/aromatic N) is 1. The summed E-state index contributed by atoms with van der Waals surface area (Å²) in [7, 11) is 0. The zero-order valence-corrected chi connectivity index (χ0v) is 12.6. The van der Waals surface area contributed by atoms with E-state index in [4.69, 9.17) is 17.0 Å². The number of amides is 1. The second kappa shape index (κ2) is 5.38. The van der Waals surface area contributed by atoms with E-state index in [0.717, 1.165) is 5.01 Å². The van der Waals surface area contributed by atoms with Gasteiger partial charge in [-0.15, -0.1) is 0 Å². The molecule has 1 aliphatic rings. The van der Waals surface area contributed by atoms with Crippen molar-refractivity contribution < 1.29 is 13.9 Å². The molecule has 22 heavy (non-hydrogen) atoms. The SMILES string of the molecule is CC1(c2ccccc2)OC(=S)N(Nc2cccc(F)c2)C1=O. The molecule has 3 rings (SSSR count). The number of halogens is 1. The first kappa shape index (κ1) is 14.5. The van der Waals surface area contributed by atoms with Crippen LogP contribution in [0.1, 0.15) is 12.5 Å². The van der Waals surface area contributed by atoms with Gasteiger partial charge in [0.15, 0.2) is 0 Å². The zero-order chi connectivity index (χ0) is 15.7. The van der Waals surface area contributed by atoms with Crippen molar-refractivity contribution in [3.8, 4) is 0 Å². The lowest BCUT2D eigenvalue weighted by Crippen LogP contribution is -2.39. The summed E-state index contributed by atoms with van der Waals surface area (Å²) in [4.78, 5) is 12.7. The molecule has 6 heteroatoms. The van der Waals surface area contributed by atoms with Crippen molar-refractivity contribution in [2.24, 2.45) is 0 Å². The number of anilines is 1. The lowest BCUT2D eigenvalue weighted by Gasteiger charge is -2.21. The van der Waals surface area contributed by atoms with E-state index >= 15 is 0 Å². The molecule has 1 N–H and O–H groups in total. The van der Waals surface area contributed by atoms with Crippen LogP contribution in [-0.4, -0.2) is 16.1 Å². The minimum Gasteiger partial charge on any atom is -0.448 e. The molecule has 1 amide bonds. The number of carbonyl (C=O) groups excluding carboxylic acids is 1. The average molecular weight is 316 g/mol. The second-order valence-electron chi connectivity index (χ2n) is 5.03. The zero-order valence-electron chi connectivity index (χ0n) is 11.7. The van der Waals surface area contributed by atoms with Crippen LogP contribution in [-0.2, 0) is 15.1 Å². The number of carbonyl (C=O) groups is 1. The standard InChI is InChI=1S/C16H13FN2O2S/c1-16(11-6-3-2-4-7-11)14(20)19(15(22)21-16)18-13-9-5-8-12(17)10-13/h2-10,18H,1H3. The molecule has 1 saturated heterocycles. The Hall–Kier alpha value is -2.47. The normalized spacial score (nSPS) is 20.9. The molecule has 1 fully saturated rings. The Balaban J connectivity index is 1.89. The number of rotatable bonds is 3. The molecule has 1 heterocycles. The van der Waals surface area contributed by atoms with Gasteiger partial charge in [-0.3, -0.25) is 10.2 Å². The highest BCUT2D eigenvalue weighted by molar-refractivity contribution is 7.80. The minimum absolute atomic E-state index is 0.000569. The Labute approximate surface area is 132 Å². The Bertz CT molecular complexity index is 738. The van der Waals surface area contributed by atoms with Crippen LogP contribution in [0.15, 0.2) is 54.6 Å². The number of nitrogens with one attached hydrogen (secondary N) is 1. The summed E-state index contributed by atoms with van der Waals surface area (Å²) in [5.74, 6) is -0.762. The van der Waals surface area contributed by atoms with Crippen LogP contribution in [0.3, 0.4) is 0 Å². The fraction of sp³-hybridized carbons (Fsp3) is 0.125. The molecule has 2 aromatic carbocycles. The third-order valence-corrected chi connectivity index (χ3v) is 3.74. The molecule has 1 unspecified atom stereocenters. The van der Waals surface area contributed by atoms with Gasteiger partial charge in [-0.1, -0.05) is 36.4 Å². The lowest BCUT2D eigenvalue weighted by atomic mass is 9.95. The third-order valence-electron chi connectivity index (χ3n) is 3.48. The van der Waals surface area contributed by atoms with Crippen molar-refractivity contribution >= 4 is 29.0 Å². The van der Waals surface area contributed by atoms with Crippen LogP contribution in [0.25, 0.3) is 0 Å². The van der Waals surface area contributed by atoms with Gasteiger partial charge in [-0.05, 0) is 37.3 Å². The number of thiocarbonyl (C=S) groups is 1. The first-order chi connectivity index (χ1) is 10.5. The minimum atomic E-state index is -1.20. The number of hydrogen-bond acceptors (Lipinski definition) is 4. The first-order valence-corrected chi connectivity index (χ1v) is 7.07. The Morgan fingerprint density at radius 3 is 2.59 bits per heavy atom. The van der Waals surface area contributed by atoms with Crippen LogP contribution in [0.4, 0.5) is 10.1 Å². The van der Waals surface area contributed by atoms with E-state index in [9.17, 15) is 9.18 Å². The van der Waals surface area contributed by atoms with Crippen LogP contribution in [0.2, 0.25) is 0 Å². The Morgan fingerprint density at radius 2 is 1.91 bits per heavy atom. The van der Waals surface area contributed by atoms with Crippen molar-refractivity contribution in [3.63, 3.8) is 0 Å². The molecule has 0 aliphatic carbocycles. The highest BCUT2D eigenvalue weighted by atomic mass is 32.1. The largest absolute Gasteiger partial charge is 0.448 e. The van der Waals surface area contributed by atoms with E-state index in [2.05, 4.69) is 5.43 Å². The Morgan fingerprint density at radius 1 is 1.18 bits per heavy atom. The molecule has 0 aromatic heterocycles. The molecule has 0 bridgehead atoms. The summed E-state index contributed by atoms with van der Waals surface area (Å²) in [5, 5.41) is 1.12. The molecular weight excluding hydrogens is 303 g/mol. The van der Waals surface area contributed by atoms with E-state index in [1.165, 1.54) is 12.1 Å². The van der Waals surface area contributed by atoms with Gasteiger partial charge in [0, 0.05) is 5.56 Å². The number of ether oxygens (including phenoxy) is 1. The van der Waals surface area contributed by atoms with Crippen LogP contribution in [0, 0.1) is 5.82 Å². The van der Waals surface area contributed by atoms with Gasteiger partial charge in [0.2, 0.25) is 5.60 Å². The third kappa shape index (κ3) is 2.42. The van der Waals surface area contributed by atoms with Crippen molar-refractivity contribution in [1.29, 1.82) is 0 Å². The summed E-state index contributed by atoms with van der Waals surface area (Å²) in [6.45, 7) is 1.66. The van der Waals surface area contributed by atoms with Gasteiger partial charge in [0.05, 0.1) is 5.69 Å². The maximum absolute atomic E-state index is 13.2. The fourth-order valence-electron chi connectivity index (χ4n) is 2.28. The predicted octanol–water partition coefficient (Wildman–Crippen LogP) is 3.21. The van der Waals surface area contributed by atoms with Gasteiger partial charge in [-0.25, -0.2) is 4.39 Å². The number of hydrogen-bond donors (Lipinski definition) is 1. The van der Waals surface area contributed by atoms with Crippen molar-refractivity contribution in [3.05, 3.63) is 66.0 Å². The quantitative estimate of drug-likeness (QED) is 0.883. The van der Waals surface area contributed by atoms with Crippen molar-refractivity contribution in [2.75, 3.05) is 5.43 Å². The molecule has 0 radical (unpaired) electrons. The average Bonchev–Trinajstić information content (AvgIpc) is 2.73. The molecule has 4 nitrogen and oxygen atoms in total. The van der Waals surface area contributed by atoms with E-state index < -0.39 is 11.4 Å². The van der Waals surface area contributed by atoms with E-state index in [0.29, 0.717) is 11.3 Å². The van der Waals surface area contributed by atoms with Gasteiger partial charge < -0.3 is 4.74 Å². The van der Waals surface area contributed by atoms with Gasteiger partial charge in [0.25, 0.3) is 11.1 Å². The molecule has 0 spiro atoms. The highest BCUT2D eigenvalue weighted by Crippen LogP contribution is 2.34. The fourth-order valence-corrected chi connectivity index (χ4v) is 2.58. The second-order valence-corrected chi connectivity index (χ2v) is 5.38. The smallest absolute Gasteiger partial charge is 0.297 e. The van der Waals surface area contributed by atoms with Crippen LogP contribution in [0.5, 0.6) is 0 Å². The molecule has 1 atom stereocenters. The van der Waals surface area contributed by atoms with E-state index in [1.807, 2.05) is 18.2 Å². The monoisotopic (exact) mass is 316 g/mol. The number of benzene rings is 2. The van der Waals surface area contributed by atoms with Gasteiger partial charge >= 0.3 is 0 Å². The predicted molar refractivity (Wildman–Crippen MR) is 84.3 cm³/mol. The van der Waals surface area contributed by atoms with E-state index in [1.54, 1.807) is 31.2 Å². The van der Waals surface area contributed by atoms with Crippen LogP contribution < -0.4 is 5.43 Å². The molecule has 1 aliphatic heterocycles. The molecular formula is C16H13FN2O2S. The van der Waals surface area contributed by atoms with Gasteiger partial charge in [0.1, 0.15) is 5.82 Å². The molecule has 2 aromatic rings. The summed E-state index contributed by atoms with van der Waals surface area (Å²) < 4.78 is 18.9. The lowest BCUT2D eigenvalue weighted by molar-refractivity contribution is -0.135. The Kier molecular flexibility index (Phi) is 3.54. The van der Waals surface area contributed by atoms with Crippen LogP contribution >= 0.6 is 12.2 Å². The topological polar surface area (TPSA) is 41.6 Å². The van der Waals surface area contributed by atoms with Crippen molar-refractivity contribution in [2.45, 2.75) is 12.5 Å². The summed E-state index contributed by atoms with van der Waals surface area (Å²) in [6.07, 6.45) is 0. The summed E-state index contributed by atoms with van der Waals surface area (Å²) in [6, 6.07) is 14.9. The molecule has 0 saturated carbocycles. The summed E-state index contributed by atoms with van der Waals surface area (Å²) >= 11 is 5.13.